The lowest BCUT2D eigenvalue weighted by Crippen LogP contribution is -2.44. The summed E-state index contributed by atoms with van der Waals surface area (Å²) in [6.45, 7) is 0. The minimum atomic E-state index is -0.626. The van der Waals surface area contributed by atoms with Crippen molar-refractivity contribution in [2.75, 3.05) is 0 Å². The van der Waals surface area contributed by atoms with E-state index in [1.165, 1.54) is 0 Å². The first-order valence-electron chi connectivity index (χ1n) is 3.71. The fourth-order valence-corrected chi connectivity index (χ4v) is 1.37. The van der Waals surface area contributed by atoms with Crippen molar-refractivity contribution in [2.24, 2.45) is 17.4 Å². The third-order valence-corrected chi connectivity index (χ3v) is 2.06. The Kier molecular flexibility index (Phi) is 4.20. The number of amides is 1. The predicted octanol–water partition coefficient (Wildman–Crippen LogP) is -0.410. The number of rotatable bonds is 1. The number of hydrogen-bond acceptors (Lipinski definition) is 3. The summed E-state index contributed by atoms with van der Waals surface area (Å²) in [4.78, 5) is 21.8. The van der Waals surface area contributed by atoms with Gasteiger partial charge in [-0.05, 0) is 12.8 Å². The summed E-state index contributed by atoms with van der Waals surface area (Å²) in [6.07, 6.45) is 2.07. The number of primary amides is 1. The molecule has 2 unspecified atom stereocenters. The molecular weight excluding hydrogens is 180 g/mol. The van der Waals surface area contributed by atoms with Crippen molar-refractivity contribution in [2.45, 2.75) is 25.3 Å². The average Bonchev–Trinajstić information content (AvgIpc) is 1.94. The normalized spacial score (nSPS) is 29.2. The molecule has 0 aromatic rings. The van der Waals surface area contributed by atoms with Gasteiger partial charge in [0.25, 0.3) is 0 Å². The quantitative estimate of drug-likeness (QED) is 0.554. The van der Waals surface area contributed by atoms with Crippen molar-refractivity contribution in [1.29, 1.82) is 0 Å². The van der Waals surface area contributed by atoms with Gasteiger partial charge < -0.3 is 11.5 Å². The largest absolute Gasteiger partial charge is 0.369 e. The Bertz CT molecular complexity index is 196. The number of carbonyl (C=O) groups excluding carboxylic acids is 2. The van der Waals surface area contributed by atoms with Gasteiger partial charge in [-0.25, -0.2) is 0 Å². The van der Waals surface area contributed by atoms with E-state index in [0.29, 0.717) is 12.8 Å². The van der Waals surface area contributed by atoms with Crippen LogP contribution in [0.4, 0.5) is 0 Å². The van der Waals surface area contributed by atoms with E-state index in [9.17, 15) is 9.59 Å². The fourth-order valence-electron chi connectivity index (χ4n) is 1.37. The standard InChI is InChI=1S/C7H12N2O2.ClH/c8-5-3-1-2-4(6(5)10)7(9)11;/h4-5H,1-3,8H2,(H2,9,11);1H. The monoisotopic (exact) mass is 192 g/mol. The summed E-state index contributed by atoms with van der Waals surface area (Å²) in [5, 5.41) is 0. The van der Waals surface area contributed by atoms with Crippen LogP contribution in [-0.4, -0.2) is 17.7 Å². The van der Waals surface area contributed by atoms with Crippen molar-refractivity contribution in [1.82, 2.24) is 0 Å². The maximum Gasteiger partial charge on any atom is 0.228 e. The Morgan fingerprint density at radius 1 is 1.42 bits per heavy atom. The van der Waals surface area contributed by atoms with Crippen molar-refractivity contribution in [3.63, 3.8) is 0 Å². The lowest BCUT2D eigenvalue weighted by molar-refractivity contribution is -0.134. The molecule has 1 aliphatic carbocycles. The van der Waals surface area contributed by atoms with Gasteiger partial charge in [0.2, 0.25) is 5.91 Å². The molecule has 4 nitrogen and oxygen atoms in total. The van der Waals surface area contributed by atoms with E-state index in [-0.39, 0.29) is 18.2 Å². The molecule has 12 heavy (non-hydrogen) atoms. The van der Waals surface area contributed by atoms with Gasteiger partial charge in [-0.3, -0.25) is 9.59 Å². The highest BCUT2D eigenvalue weighted by Crippen LogP contribution is 2.19. The number of ketones is 1. The zero-order chi connectivity index (χ0) is 8.43. The van der Waals surface area contributed by atoms with Crippen LogP contribution in [0, 0.1) is 5.92 Å². The molecule has 0 aliphatic heterocycles. The number of nitrogens with two attached hydrogens (primary N) is 2. The van der Waals surface area contributed by atoms with Crippen molar-refractivity contribution < 1.29 is 9.59 Å². The van der Waals surface area contributed by atoms with Gasteiger partial charge in [-0.1, -0.05) is 6.42 Å². The fraction of sp³-hybridized carbons (Fsp3) is 0.714. The van der Waals surface area contributed by atoms with Gasteiger partial charge in [-0.15, -0.1) is 12.4 Å². The molecule has 1 amide bonds. The number of carbonyl (C=O) groups is 2. The SMILES string of the molecule is Cl.NC(=O)C1CCCC(N)C1=O. The van der Waals surface area contributed by atoms with Crippen molar-refractivity contribution in [3.05, 3.63) is 0 Å². The van der Waals surface area contributed by atoms with Crippen LogP contribution in [0.2, 0.25) is 0 Å². The summed E-state index contributed by atoms with van der Waals surface area (Å²) in [6, 6.07) is -0.471. The van der Waals surface area contributed by atoms with Gasteiger partial charge in [0.05, 0.1) is 12.0 Å². The van der Waals surface area contributed by atoms with E-state index < -0.39 is 17.9 Å². The van der Waals surface area contributed by atoms with Crippen LogP contribution in [0.3, 0.4) is 0 Å². The van der Waals surface area contributed by atoms with Crippen molar-refractivity contribution >= 4 is 24.1 Å². The Balaban J connectivity index is 0.00000121. The van der Waals surface area contributed by atoms with E-state index in [0.717, 1.165) is 6.42 Å². The minimum Gasteiger partial charge on any atom is -0.369 e. The molecular formula is C7H13ClN2O2. The third kappa shape index (κ3) is 2.19. The van der Waals surface area contributed by atoms with Crippen LogP contribution in [0.25, 0.3) is 0 Å². The molecule has 1 rings (SSSR count). The molecule has 1 fully saturated rings. The second-order valence-corrected chi connectivity index (χ2v) is 2.89. The lowest BCUT2D eigenvalue weighted by Gasteiger charge is -2.22. The Labute approximate surface area is 77.1 Å². The highest BCUT2D eigenvalue weighted by Gasteiger charge is 2.32. The molecule has 2 atom stereocenters. The van der Waals surface area contributed by atoms with E-state index in [1.54, 1.807) is 0 Å². The Morgan fingerprint density at radius 2 is 2.00 bits per heavy atom. The molecule has 1 saturated carbocycles. The number of Topliss-reactive ketones (excluding diaryl/α,β-unsaturated/α-hetero) is 1. The van der Waals surface area contributed by atoms with E-state index in [1.807, 2.05) is 0 Å². The first-order chi connectivity index (χ1) is 5.13. The summed E-state index contributed by atoms with van der Waals surface area (Å²) in [5.74, 6) is -1.35. The molecule has 0 radical (unpaired) electrons. The number of hydrogen-bond donors (Lipinski definition) is 2. The molecule has 4 N–H and O–H groups in total. The highest BCUT2D eigenvalue weighted by molar-refractivity contribution is 6.03. The van der Waals surface area contributed by atoms with Crippen molar-refractivity contribution in [3.8, 4) is 0 Å². The molecule has 0 aromatic heterocycles. The number of halogens is 1. The van der Waals surface area contributed by atoms with Crippen LogP contribution in [-0.2, 0) is 9.59 Å². The van der Waals surface area contributed by atoms with Gasteiger partial charge in [0.15, 0.2) is 5.78 Å². The molecule has 5 heteroatoms. The molecule has 70 valence electrons. The van der Waals surface area contributed by atoms with Gasteiger partial charge in [0, 0.05) is 0 Å². The van der Waals surface area contributed by atoms with Gasteiger partial charge >= 0.3 is 0 Å². The Hall–Kier alpha value is -0.610. The Morgan fingerprint density at radius 3 is 2.42 bits per heavy atom. The first-order valence-corrected chi connectivity index (χ1v) is 3.71. The minimum absolute atomic E-state index is 0. The highest BCUT2D eigenvalue weighted by atomic mass is 35.5. The van der Waals surface area contributed by atoms with Crippen LogP contribution in [0.1, 0.15) is 19.3 Å². The van der Waals surface area contributed by atoms with E-state index in [4.69, 9.17) is 11.5 Å². The summed E-state index contributed by atoms with van der Waals surface area (Å²) >= 11 is 0. The zero-order valence-corrected chi connectivity index (χ0v) is 7.47. The maximum absolute atomic E-state index is 11.1. The lowest BCUT2D eigenvalue weighted by atomic mass is 9.84. The van der Waals surface area contributed by atoms with E-state index >= 15 is 0 Å². The van der Waals surface area contributed by atoms with Crippen LogP contribution in [0.5, 0.6) is 0 Å². The third-order valence-electron chi connectivity index (χ3n) is 2.06. The molecule has 1 aliphatic rings. The summed E-state index contributed by atoms with van der Waals surface area (Å²) < 4.78 is 0. The molecule has 0 saturated heterocycles. The van der Waals surface area contributed by atoms with Gasteiger partial charge in [0.1, 0.15) is 0 Å². The first kappa shape index (κ1) is 11.4. The second kappa shape index (κ2) is 4.42. The summed E-state index contributed by atoms with van der Waals surface area (Å²) in [5.41, 5.74) is 10.5. The van der Waals surface area contributed by atoms with Crippen LogP contribution in [0.15, 0.2) is 0 Å². The maximum atomic E-state index is 11.1. The van der Waals surface area contributed by atoms with Gasteiger partial charge in [-0.2, -0.15) is 0 Å². The molecule has 0 aromatic carbocycles. The smallest absolute Gasteiger partial charge is 0.228 e. The topological polar surface area (TPSA) is 86.2 Å². The predicted molar refractivity (Wildman–Crippen MR) is 46.8 cm³/mol. The van der Waals surface area contributed by atoms with E-state index in [2.05, 4.69) is 0 Å². The van der Waals surface area contributed by atoms with Crippen LogP contribution >= 0.6 is 12.4 Å². The summed E-state index contributed by atoms with van der Waals surface area (Å²) in [7, 11) is 0. The molecule has 0 bridgehead atoms. The zero-order valence-electron chi connectivity index (χ0n) is 6.66. The molecule has 0 heterocycles. The average molecular weight is 193 g/mol. The second-order valence-electron chi connectivity index (χ2n) is 2.89. The van der Waals surface area contributed by atoms with Crippen LogP contribution < -0.4 is 11.5 Å². The molecule has 0 spiro atoms.